The molecule has 262 valence electrons. The number of hydrogen-bond donors (Lipinski definition) is 0. The van der Waals surface area contributed by atoms with Crippen molar-refractivity contribution in [3.8, 4) is 56.7 Å². The van der Waals surface area contributed by atoms with E-state index in [1.54, 1.807) is 0 Å². The largest absolute Gasteiger partial charge is 0.309 e. The van der Waals surface area contributed by atoms with Crippen LogP contribution in [-0.2, 0) is 0 Å². The number of nitrogens with zero attached hydrogens (tertiary/aromatic N) is 6. The van der Waals surface area contributed by atoms with Crippen molar-refractivity contribution in [3.63, 3.8) is 0 Å². The standard InChI is InChI=1S/C50H32N6/c1-4-13-33(14-5-1)47-52-48(34-15-6-2-7-16-34)54-49(53-47)35-22-26-39(27-23-35)56-45-29-25-36(31-43(45)42-20-12-30-51-50(42)56)37-24-28-41-40-19-10-11-21-44(40)55(46(41)32-37)38-17-8-3-9-18-38/h1-32H. The van der Waals surface area contributed by atoms with Crippen LogP contribution >= 0.6 is 0 Å². The van der Waals surface area contributed by atoms with Crippen LogP contribution in [-0.4, -0.2) is 29.1 Å². The zero-order chi connectivity index (χ0) is 37.0. The van der Waals surface area contributed by atoms with Crippen molar-refractivity contribution in [2.24, 2.45) is 0 Å². The number of rotatable bonds is 6. The second kappa shape index (κ2) is 13.0. The summed E-state index contributed by atoms with van der Waals surface area (Å²) in [7, 11) is 0. The van der Waals surface area contributed by atoms with Gasteiger partial charge in [0.15, 0.2) is 17.5 Å². The summed E-state index contributed by atoms with van der Waals surface area (Å²) in [6, 6.07) is 65.6. The monoisotopic (exact) mass is 716 g/mol. The minimum Gasteiger partial charge on any atom is -0.309 e. The maximum absolute atomic E-state index is 4.94. The molecule has 0 saturated heterocycles. The lowest BCUT2D eigenvalue weighted by Crippen LogP contribution is -2.00. The summed E-state index contributed by atoms with van der Waals surface area (Å²) < 4.78 is 4.61. The predicted molar refractivity (Wildman–Crippen MR) is 228 cm³/mol. The Kier molecular flexibility index (Phi) is 7.38. The fourth-order valence-corrected chi connectivity index (χ4v) is 7.99. The van der Waals surface area contributed by atoms with Gasteiger partial charge in [-0.05, 0) is 83.9 Å². The highest BCUT2D eigenvalue weighted by Crippen LogP contribution is 2.38. The first kappa shape index (κ1) is 31.8. The van der Waals surface area contributed by atoms with E-state index in [0.29, 0.717) is 17.5 Å². The fourth-order valence-electron chi connectivity index (χ4n) is 7.99. The summed E-state index contributed by atoms with van der Waals surface area (Å²) >= 11 is 0. The number of benzene rings is 7. The summed E-state index contributed by atoms with van der Waals surface area (Å²) in [5.41, 5.74) is 11.6. The maximum atomic E-state index is 4.94. The molecule has 4 aromatic heterocycles. The molecule has 0 bridgehead atoms. The van der Waals surface area contributed by atoms with E-state index in [4.69, 9.17) is 19.9 Å². The van der Waals surface area contributed by atoms with Gasteiger partial charge >= 0.3 is 0 Å². The average Bonchev–Trinajstić information content (AvgIpc) is 3.79. The molecule has 0 fully saturated rings. The molecule has 0 aliphatic rings. The molecule has 7 aromatic carbocycles. The highest BCUT2D eigenvalue weighted by Gasteiger charge is 2.18. The Balaban J connectivity index is 1.02. The van der Waals surface area contributed by atoms with Crippen molar-refractivity contribution in [2.75, 3.05) is 0 Å². The minimum atomic E-state index is 0.623. The quantitative estimate of drug-likeness (QED) is 0.172. The van der Waals surface area contributed by atoms with Crippen LogP contribution in [0.3, 0.4) is 0 Å². The van der Waals surface area contributed by atoms with Crippen molar-refractivity contribution >= 4 is 43.7 Å². The zero-order valence-corrected chi connectivity index (χ0v) is 30.2. The fraction of sp³-hybridized carbons (Fsp3) is 0. The van der Waals surface area contributed by atoms with Gasteiger partial charge in [0.25, 0.3) is 0 Å². The molecule has 6 heteroatoms. The van der Waals surface area contributed by atoms with Crippen LogP contribution < -0.4 is 0 Å². The first-order valence-corrected chi connectivity index (χ1v) is 18.7. The SMILES string of the molecule is c1ccc(-c2nc(-c3ccccc3)nc(-c3ccc(-n4c5ccc(-c6ccc7c8ccccc8n(-c8ccccc8)c7c6)cc5c5cccnc54)cc3)n2)cc1. The molecule has 0 aliphatic heterocycles. The third-order valence-corrected chi connectivity index (χ3v) is 10.6. The topological polar surface area (TPSA) is 61.4 Å². The Morgan fingerprint density at radius 2 is 0.804 bits per heavy atom. The Bertz CT molecular complexity index is 3160. The number of para-hydroxylation sites is 2. The van der Waals surface area contributed by atoms with Gasteiger partial charge in [-0.1, -0.05) is 115 Å². The number of pyridine rings is 1. The molecule has 0 atom stereocenters. The number of hydrogen-bond acceptors (Lipinski definition) is 4. The van der Waals surface area contributed by atoms with E-state index in [1.165, 1.54) is 21.8 Å². The van der Waals surface area contributed by atoms with Crippen LogP contribution in [0.4, 0.5) is 0 Å². The molecule has 4 heterocycles. The Hall–Kier alpha value is -7.70. The maximum Gasteiger partial charge on any atom is 0.164 e. The van der Waals surface area contributed by atoms with E-state index in [-0.39, 0.29) is 0 Å². The first-order valence-electron chi connectivity index (χ1n) is 18.7. The molecular formula is C50H32N6. The van der Waals surface area contributed by atoms with E-state index >= 15 is 0 Å². The molecule has 0 unspecified atom stereocenters. The third-order valence-electron chi connectivity index (χ3n) is 10.6. The number of fused-ring (bicyclic) bond motifs is 6. The van der Waals surface area contributed by atoms with E-state index in [9.17, 15) is 0 Å². The van der Waals surface area contributed by atoms with E-state index in [2.05, 4.69) is 130 Å². The van der Waals surface area contributed by atoms with Crippen LogP contribution in [0.15, 0.2) is 194 Å². The van der Waals surface area contributed by atoms with Crippen LogP contribution in [0.5, 0.6) is 0 Å². The number of aromatic nitrogens is 6. The molecule has 6 nitrogen and oxygen atoms in total. The minimum absolute atomic E-state index is 0.623. The average molecular weight is 717 g/mol. The molecule has 11 rings (SSSR count). The summed E-state index contributed by atoms with van der Waals surface area (Å²) in [5, 5.41) is 4.74. The van der Waals surface area contributed by atoms with E-state index in [0.717, 1.165) is 61.1 Å². The van der Waals surface area contributed by atoms with Crippen LogP contribution in [0.1, 0.15) is 0 Å². The van der Waals surface area contributed by atoms with Crippen molar-refractivity contribution in [1.82, 2.24) is 29.1 Å². The highest BCUT2D eigenvalue weighted by atomic mass is 15.1. The molecule has 11 aromatic rings. The Labute approximate surface area is 322 Å². The van der Waals surface area contributed by atoms with Crippen molar-refractivity contribution < 1.29 is 0 Å². The van der Waals surface area contributed by atoms with Gasteiger partial charge in [0.2, 0.25) is 0 Å². The van der Waals surface area contributed by atoms with Gasteiger partial charge in [-0.3, -0.25) is 4.57 Å². The lowest BCUT2D eigenvalue weighted by molar-refractivity contribution is 1.07. The molecule has 0 aliphatic carbocycles. The second-order valence-corrected chi connectivity index (χ2v) is 13.9. The van der Waals surface area contributed by atoms with Gasteiger partial charge in [0, 0.05) is 55.8 Å². The molecule has 0 radical (unpaired) electrons. The summed E-state index contributed by atoms with van der Waals surface area (Å²) in [4.78, 5) is 19.6. The van der Waals surface area contributed by atoms with Crippen LogP contribution in [0.2, 0.25) is 0 Å². The summed E-state index contributed by atoms with van der Waals surface area (Å²) in [5.74, 6) is 1.90. The third kappa shape index (κ3) is 5.27. The van der Waals surface area contributed by atoms with Crippen molar-refractivity contribution in [2.45, 2.75) is 0 Å². The first-order chi connectivity index (χ1) is 27.8. The van der Waals surface area contributed by atoms with E-state index < -0.39 is 0 Å². The van der Waals surface area contributed by atoms with Gasteiger partial charge in [-0.2, -0.15) is 0 Å². The van der Waals surface area contributed by atoms with Gasteiger partial charge in [-0.25, -0.2) is 19.9 Å². The normalized spacial score (nSPS) is 11.6. The zero-order valence-electron chi connectivity index (χ0n) is 30.2. The Morgan fingerprint density at radius 1 is 0.304 bits per heavy atom. The Morgan fingerprint density at radius 3 is 1.50 bits per heavy atom. The van der Waals surface area contributed by atoms with Crippen molar-refractivity contribution in [3.05, 3.63) is 194 Å². The predicted octanol–water partition coefficient (Wildman–Crippen LogP) is 12.1. The molecule has 0 spiro atoms. The highest BCUT2D eigenvalue weighted by molar-refractivity contribution is 6.12. The van der Waals surface area contributed by atoms with Gasteiger partial charge in [-0.15, -0.1) is 0 Å². The molecule has 0 saturated carbocycles. The molecular weight excluding hydrogens is 685 g/mol. The second-order valence-electron chi connectivity index (χ2n) is 13.9. The lowest BCUT2D eigenvalue weighted by Gasteiger charge is -2.11. The van der Waals surface area contributed by atoms with E-state index in [1.807, 2.05) is 72.9 Å². The molecule has 56 heavy (non-hydrogen) atoms. The molecule has 0 N–H and O–H groups in total. The molecule has 0 amide bonds. The lowest BCUT2D eigenvalue weighted by atomic mass is 10.0. The smallest absolute Gasteiger partial charge is 0.164 e. The van der Waals surface area contributed by atoms with Crippen molar-refractivity contribution in [1.29, 1.82) is 0 Å². The van der Waals surface area contributed by atoms with Gasteiger partial charge in [0.05, 0.1) is 16.6 Å². The summed E-state index contributed by atoms with van der Waals surface area (Å²) in [6.07, 6.45) is 1.87. The van der Waals surface area contributed by atoms with Gasteiger partial charge in [0.1, 0.15) is 5.65 Å². The van der Waals surface area contributed by atoms with Crippen LogP contribution in [0.25, 0.3) is 100 Å². The summed E-state index contributed by atoms with van der Waals surface area (Å²) in [6.45, 7) is 0. The van der Waals surface area contributed by atoms with Crippen LogP contribution in [0, 0.1) is 0 Å². The van der Waals surface area contributed by atoms with Gasteiger partial charge < -0.3 is 4.57 Å².